The predicted octanol–water partition coefficient (Wildman–Crippen LogP) is 1.79. The molecule has 1 rings (SSSR count). The highest BCUT2D eigenvalue weighted by Gasteiger charge is 2.45. The number of aliphatic hydroxyl groups is 1. The molecule has 0 aromatic rings. The van der Waals surface area contributed by atoms with Crippen molar-refractivity contribution in [2.45, 2.75) is 45.6 Å². The number of hydrogen-bond donors (Lipinski definition) is 2. The van der Waals surface area contributed by atoms with E-state index in [9.17, 15) is 9.90 Å². The van der Waals surface area contributed by atoms with E-state index < -0.39 is 17.5 Å². The summed E-state index contributed by atoms with van der Waals surface area (Å²) in [5, 5.41) is 27.5. The molecule has 1 unspecified atom stereocenters. The number of hydrogen-bond acceptors (Lipinski definition) is 3. The van der Waals surface area contributed by atoms with Gasteiger partial charge in [-0.15, -0.1) is 0 Å². The van der Waals surface area contributed by atoms with Gasteiger partial charge in [0, 0.05) is 0 Å². The third-order valence-corrected chi connectivity index (χ3v) is 3.85. The van der Waals surface area contributed by atoms with Crippen molar-refractivity contribution >= 4 is 5.97 Å². The van der Waals surface area contributed by atoms with Crippen molar-refractivity contribution in [2.24, 2.45) is 17.3 Å². The molecule has 16 heavy (non-hydrogen) atoms. The molecule has 1 saturated carbocycles. The molecule has 0 aromatic carbocycles. The first kappa shape index (κ1) is 13.0. The molecule has 0 bridgehead atoms. The first-order valence-electron chi connectivity index (χ1n) is 5.75. The Morgan fingerprint density at radius 1 is 1.44 bits per heavy atom. The van der Waals surface area contributed by atoms with E-state index >= 15 is 0 Å². The van der Waals surface area contributed by atoms with Crippen LogP contribution in [0.5, 0.6) is 0 Å². The largest absolute Gasteiger partial charge is 0.479 e. The van der Waals surface area contributed by atoms with E-state index in [1.807, 2.05) is 6.07 Å². The number of carbonyl (C=O) groups is 1. The quantitative estimate of drug-likeness (QED) is 0.767. The van der Waals surface area contributed by atoms with Crippen LogP contribution >= 0.6 is 0 Å². The molecule has 0 radical (unpaired) electrons. The second-order valence-corrected chi connectivity index (χ2v) is 5.09. The smallest absolute Gasteiger partial charge is 0.334 e. The van der Waals surface area contributed by atoms with Gasteiger partial charge in [-0.2, -0.15) is 5.26 Å². The second kappa shape index (κ2) is 4.84. The fraction of sp³-hybridized carbons (Fsp3) is 0.833. The third kappa shape index (κ3) is 2.35. The van der Waals surface area contributed by atoms with Gasteiger partial charge in [-0.1, -0.05) is 13.8 Å². The van der Waals surface area contributed by atoms with Crippen molar-refractivity contribution in [1.82, 2.24) is 0 Å². The average molecular weight is 225 g/mol. The summed E-state index contributed by atoms with van der Waals surface area (Å²) in [6.07, 6.45) is 1.08. The summed E-state index contributed by atoms with van der Waals surface area (Å²) in [5.41, 5.74) is -1.07. The number of nitriles is 1. The standard InChI is InChI=1S/C12H19NO3/c1-8(2)9-3-5-12(7-13,6-4-9)10(14)11(15)16/h8-10,14H,3-6H2,1-2H3,(H,15,16). The highest BCUT2D eigenvalue weighted by Crippen LogP contribution is 2.43. The van der Waals surface area contributed by atoms with Crippen LogP contribution in [-0.2, 0) is 4.79 Å². The number of nitrogens with zero attached hydrogens (tertiary/aromatic N) is 1. The van der Waals surface area contributed by atoms with E-state index in [0.29, 0.717) is 24.7 Å². The van der Waals surface area contributed by atoms with Gasteiger partial charge >= 0.3 is 5.97 Å². The van der Waals surface area contributed by atoms with Crippen molar-refractivity contribution in [3.63, 3.8) is 0 Å². The topological polar surface area (TPSA) is 81.3 Å². The maximum Gasteiger partial charge on any atom is 0.334 e. The van der Waals surface area contributed by atoms with Crippen LogP contribution in [0.1, 0.15) is 39.5 Å². The van der Waals surface area contributed by atoms with Gasteiger partial charge in [0.15, 0.2) is 6.10 Å². The van der Waals surface area contributed by atoms with Gasteiger partial charge in [0.2, 0.25) is 0 Å². The van der Waals surface area contributed by atoms with Gasteiger partial charge in [-0.25, -0.2) is 4.79 Å². The summed E-state index contributed by atoms with van der Waals surface area (Å²) in [5.74, 6) is -0.189. The van der Waals surface area contributed by atoms with Crippen LogP contribution in [-0.4, -0.2) is 22.3 Å². The fourth-order valence-corrected chi connectivity index (χ4v) is 2.50. The summed E-state index contributed by atoms with van der Waals surface area (Å²) in [4.78, 5) is 10.8. The van der Waals surface area contributed by atoms with Crippen LogP contribution in [0.3, 0.4) is 0 Å². The minimum atomic E-state index is -1.55. The molecule has 0 saturated heterocycles. The SMILES string of the molecule is CC(C)C1CCC(C#N)(C(O)C(=O)O)CC1. The molecule has 0 heterocycles. The van der Waals surface area contributed by atoms with Crippen LogP contribution in [0.25, 0.3) is 0 Å². The number of carboxylic acid groups (broad SMARTS) is 1. The lowest BCUT2D eigenvalue weighted by Crippen LogP contribution is -2.43. The molecular formula is C12H19NO3. The lowest BCUT2D eigenvalue weighted by Gasteiger charge is -2.37. The normalized spacial score (nSPS) is 32.1. The van der Waals surface area contributed by atoms with Gasteiger partial charge in [0.25, 0.3) is 0 Å². The van der Waals surface area contributed by atoms with Crippen molar-refractivity contribution in [1.29, 1.82) is 5.26 Å². The van der Waals surface area contributed by atoms with Gasteiger partial charge in [-0.05, 0) is 37.5 Å². The Morgan fingerprint density at radius 2 is 1.94 bits per heavy atom. The van der Waals surface area contributed by atoms with Gasteiger partial charge < -0.3 is 10.2 Å². The number of rotatable bonds is 3. The van der Waals surface area contributed by atoms with E-state index in [1.54, 1.807) is 0 Å². The number of carboxylic acids is 1. The van der Waals surface area contributed by atoms with E-state index in [0.717, 1.165) is 12.8 Å². The van der Waals surface area contributed by atoms with Crippen molar-refractivity contribution in [2.75, 3.05) is 0 Å². The maximum atomic E-state index is 10.8. The van der Waals surface area contributed by atoms with Gasteiger partial charge in [0.05, 0.1) is 11.5 Å². The Morgan fingerprint density at radius 3 is 2.25 bits per heavy atom. The zero-order valence-corrected chi connectivity index (χ0v) is 9.81. The Balaban J connectivity index is 2.73. The van der Waals surface area contributed by atoms with Crippen LogP contribution in [0, 0.1) is 28.6 Å². The molecule has 1 fully saturated rings. The second-order valence-electron chi connectivity index (χ2n) is 5.09. The molecule has 4 nitrogen and oxygen atoms in total. The minimum absolute atomic E-state index is 0.486. The van der Waals surface area contributed by atoms with E-state index in [1.165, 1.54) is 0 Å². The predicted molar refractivity (Wildman–Crippen MR) is 58.5 cm³/mol. The van der Waals surface area contributed by atoms with E-state index in [4.69, 9.17) is 10.4 Å². The van der Waals surface area contributed by atoms with Crippen LogP contribution in [0.15, 0.2) is 0 Å². The molecule has 1 aliphatic carbocycles. The van der Waals surface area contributed by atoms with Crippen molar-refractivity contribution in [3.05, 3.63) is 0 Å². The Kier molecular flexibility index (Phi) is 3.93. The fourth-order valence-electron chi connectivity index (χ4n) is 2.50. The first-order chi connectivity index (χ1) is 7.43. The highest BCUT2D eigenvalue weighted by molar-refractivity contribution is 5.73. The molecule has 90 valence electrons. The van der Waals surface area contributed by atoms with Crippen molar-refractivity contribution in [3.8, 4) is 6.07 Å². The Labute approximate surface area is 95.9 Å². The lowest BCUT2D eigenvalue weighted by atomic mass is 9.66. The van der Waals surface area contributed by atoms with Crippen LogP contribution < -0.4 is 0 Å². The average Bonchev–Trinajstić information content (AvgIpc) is 2.27. The van der Waals surface area contributed by atoms with E-state index in [-0.39, 0.29) is 0 Å². The zero-order valence-electron chi connectivity index (χ0n) is 9.81. The number of aliphatic carboxylic acids is 1. The molecule has 0 aromatic heterocycles. The molecule has 1 atom stereocenters. The Hall–Kier alpha value is -1.08. The summed E-state index contributed by atoms with van der Waals surface area (Å²) in [6.45, 7) is 4.27. The lowest BCUT2D eigenvalue weighted by molar-refractivity contribution is -0.153. The maximum absolute atomic E-state index is 10.8. The first-order valence-corrected chi connectivity index (χ1v) is 5.75. The molecule has 0 spiro atoms. The van der Waals surface area contributed by atoms with Crippen molar-refractivity contribution < 1.29 is 15.0 Å². The zero-order chi connectivity index (χ0) is 12.3. The van der Waals surface area contributed by atoms with Crippen LogP contribution in [0.2, 0.25) is 0 Å². The monoisotopic (exact) mass is 225 g/mol. The van der Waals surface area contributed by atoms with Crippen LogP contribution in [0.4, 0.5) is 0 Å². The molecule has 0 amide bonds. The molecule has 2 N–H and O–H groups in total. The molecule has 0 aliphatic heterocycles. The third-order valence-electron chi connectivity index (χ3n) is 3.85. The summed E-state index contributed by atoms with van der Waals surface area (Å²) in [6, 6.07) is 2.03. The highest BCUT2D eigenvalue weighted by atomic mass is 16.4. The molecular weight excluding hydrogens is 206 g/mol. The summed E-state index contributed by atoms with van der Waals surface area (Å²) in [7, 11) is 0. The Bertz CT molecular complexity index is 298. The molecule has 4 heteroatoms. The molecule has 1 aliphatic rings. The van der Waals surface area contributed by atoms with Gasteiger partial charge in [-0.3, -0.25) is 0 Å². The van der Waals surface area contributed by atoms with E-state index in [2.05, 4.69) is 13.8 Å². The number of aliphatic hydroxyl groups excluding tert-OH is 1. The summed E-state index contributed by atoms with van der Waals surface area (Å²) < 4.78 is 0. The minimum Gasteiger partial charge on any atom is -0.479 e. The van der Waals surface area contributed by atoms with Gasteiger partial charge in [0.1, 0.15) is 0 Å². The summed E-state index contributed by atoms with van der Waals surface area (Å²) >= 11 is 0.